The lowest BCUT2D eigenvalue weighted by molar-refractivity contribution is -0.0469. The maximum atomic E-state index is 11.8. The second-order valence-corrected chi connectivity index (χ2v) is 8.84. The van der Waals surface area contributed by atoms with Gasteiger partial charge in [-0.15, -0.1) is 6.58 Å². The Kier molecular flexibility index (Phi) is 5.64. The molecule has 31 heavy (non-hydrogen) atoms. The lowest BCUT2D eigenvalue weighted by Crippen LogP contribution is -2.37. The molecule has 8 nitrogen and oxygen atoms in total. The molecule has 8 heteroatoms. The number of aliphatic hydroxyl groups is 2. The van der Waals surface area contributed by atoms with E-state index in [-0.39, 0.29) is 12.1 Å². The number of aliphatic hydroxyl groups excluding tert-OH is 1. The van der Waals surface area contributed by atoms with E-state index in [1.54, 1.807) is 26.0 Å². The zero-order valence-corrected chi connectivity index (χ0v) is 18.0. The van der Waals surface area contributed by atoms with Crippen molar-refractivity contribution in [3.63, 3.8) is 0 Å². The van der Waals surface area contributed by atoms with Gasteiger partial charge in [0.25, 0.3) is 0 Å². The molecule has 5 N–H and O–H groups in total. The van der Waals surface area contributed by atoms with Gasteiger partial charge in [0.05, 0.1) is 23.1 Å². The molecular weight excluding hydrogens is 398 g/mol. The van der Waals surface area contributed by atoms with E-state index in [0.29, 0.717) is 17.0 Å². The molecule has 3 rings (SSSR count). The summed E-state index contributed by atoms with van der Waals surface area (Å²) in [7, 11) is 0. The van der Waals surface area contributed by atoms with Crippen molar-refractivity contribution in [2.75, 3.05) is 0 Å². The lowest BCUT2D eigenvalue weighted by Gasteiger charge is -2.24. The topological polar surface area (TPSA) is 139 Å². The van der Waals surface area contributed by atoms with Crippen LogP contribution in [0.15, 0.2) is 45.4 Å². The minimum Gasteiger partial charge on any atom is -0.493 e. The van der Waals surface area contributed by atoms with Crippen LogP contribution in [0.25, 0.3) is 11.6 Å². The lowest BCUT2D eigenvalue weighted by atomic mass is 9.81. The van der Waals surface area contributed by atoms with Gasteiger partial charge < -0.3 is 20.3 Å². The maximum absolute atomic E-state index is 11.8. The van der Waals surface area contributed by atoms with Gasteiger partial charge in [-0.25, -0.2) is 0 Å². The summed E-state index contributed by atoms with van der Waals surface area (Å²) in [5.74, 6) is -0.463. The van der Waals surface area contributed by atoms with Crippen molar-refractivity contribution in [2.45, 2.75) is 45.8 Å². The Morgan fingerprint density at radius 1 is 1.16 bits per heavy atom. The summed E-state index contributed by atoms with van der Waals surface area (Å²) in [5.41, 5.74) is -0.0714. The fourth-order valence-electron chi connectivity index (χ4n) is 3.26. The number of aliphatic imine (C=N–C) groups is 1. The molecule has 1 aromatic carbocycles. The van der Waals surface area contributed by atoms with E-state index < -0.39 is 34.1 Å². The van der Waals surface area contributed by atoms with Gasteiger partial charge in [0.1, 0.15) is 5.69 Å². The van der Waals surface area contributed by atoms with E-state index in [2.05, 4.69) is 16.5 Å². The van der Waals surface area contributed by atoms with E-state index in [9.17, 15) is 24.9 Å². The van der Waals surface area contributed by atoms with E-state index in [1.165, 1.54) is 0 Å². The molecule has 1 aliphatic heterocycles. The number of nitrogens with one attached hydrogen (secondary N) is 2. The minimum absolute atomic E-state index is 0.0435. The quantitative estimate of drug-likeness (QED) is 0.357. The predicted molar refractivity (Wildman–Crippen MR) is 121 cm³/mol. The van der Waals surface area contributed by atoms with Crippen molar-refractivity contribution in [3.8, 4) is 5.88 Å². The highest BCUT2D eigenvalue weighted by Crippen LogP contribution is 2.43. The summed E-state index contributed by atoms with van der Waals surface area (Å²) in [6.45, 7) is 10.8. The zero-order chi connectivity index (χ0) is 23.1. The first-order chi connectivity index (χ1) is 14.3. The highest BCUT2D eigenvalue weighted by atomic mass is 16.3. The van der Waals surface area contributed by atoms with Crippen molar-refractivity contribution in [2.24, 2.45) is 10.4 Å². The number of rotatable bonds is 6. The number of hydrogen-bond donors (Lipinski definition) is 5. The second kappa shape index (κ2) is 7.79. The minimum atomic E-state index is -1.26. The third-order valence-electron chi connectivity index (χ3n) is 5.43. The van der Waals surface area contributed by atoms with Gasteiger partial charge in [-0.1, -0.05) is 26.0 Å². The Hall–Kier alpha value is -3.23. The first-order valence-corrected chi connectivity index (χ1v) is 9.87. The predicted octanol–water partition coefficient (Wildman–Crippen LogP) is 2.28. The summed E-state index contributed by atoms with van der Waals surface area (Å²) >= 11 is 0. The van der Waals surface area contributed by atoms with Crippen molar-refractivity contribution in [1.29, 1.82) is 0 Å². The van der Waals surface area contributed by atoms with Crippen LogP contribution >= 0.6 is 0 Å². The van der Waals surface area contributed by atoms with Crippen LogP contribution in [0.5, 0.6) is 5.88 Å². The Morgan fingerprint density at radius 2 is 1.81 bits per heavy atom. The first-order valence-electron chi connectivity index (χ1n) is 9.87. The molecule has 1 unspecified atom stereocenters. The molecule has 2 heterocycles. The normalized spacial score (nSPS) is 16.2. The first kappa shape index (κ1) is 22.5. The van der Waals surface area contributed by atoms with Gasteiger partial charge in [-0.05, 0) is 37.6 Å². The van der Waals surface area contributed by atoms with Gasteiger partial charge in [-0.2, -0.15) is 0 Å². The number of hydrogen-bond acceptors (Lipinski definition) is 6. The van der Waals surface area contributed by atoms with Crippen LogP contribution < -0.4 is 11.1 Å². The number of aromatic amines is 2. The third-order valence-corrected chi connectivity index (χ3v) is 5.43. The third kappa shape index (κ3) is 4.45. The van der Waals surface area contributed by atoms with E-state index in [0.717, 1.165) is 11.1 Å². The highest BCUT2D eigenvalue weighted by molar-refractivity contribution is 6.34. The van der Waals surface area contributed by atoms with Crippen molar-refractivity contribution in [1.82, 2.24) is 9.97 Å². The van der Waals surface area contributed by atoms with Gasteiger partial charge in [-0.3, -0.25) is 19.6 Å². The molecule has 0 bridgehead atoms. The second-order valence-electron chi connectivity index (χ2n) is 8.84. The molecule has 2 aromatic rings. The van der Waals surface area contributed by atoms with Gasteiger partial charge in [0.2, 0.25) is 5.88 Å². The van der Waals surface area contributed by atoms with Crippen LogP contribution in [0.3, 0.4) is 0 Å². The van der Waals surface area contributed by atoms with Crippen molar-refractivity contribution < 1.29 is 15.3 Å². The summed E-state index contributed by atoms with van der Waals surface area (Å²) in [4.78, 5) is 32.5. The molecule has 0 aliphatic carbocycles. The van der Waals surface area contributed by atoms with Crippen LogP contribution in [-0.4, -0.2) is 42.7 Å². The van der Waals surface area contributed by atoms with Crippen LogP contribution in [-0.2, 0) is 6.42 Å². The smallest absolute Gasteiger partial charge is 0.316 e. The Labute approximate surface area is 179 Å². The molecule has 1 aliphatic rings. The monoisotopic (exact) mass is 425 g/mol. The summed E-state index contributed by atoms with van der Waals surface area (Å²) < 4.78 is 0. The number of benzene rings is 1. The fourth-order valence-corrected chi connectivity index (χ4v) is 3.26. The molecule has 0 saturated carbocycles. The van der Waals surface area contributed by atoms with E-state index in [4.69, 9.17) is 4.99 Å². The van der Waals surface area contributed by atoms with Crippen LogP contribution in [0.2, 0.25) is 0 Å². The van der Waals surface area contributed by atoms with E-state index >= 15 is 0 Å². The molecule has 1 atom stereocenters. The molecule has 0 radical (unpaired) electrons. The molecule has 1 aromatic heterocycles. The Bertz CT molecular complexity index is 1210. The molecule has 0 amide bonds. The number of H-pyrrole nitrogens is 2. The number of fused-ring (bicyclic) bond motifs is 1. The van der Waals surface area contributed by atoms with Crippen molar-refractivity contribution in [3.05, 3.63) is 68.4 Å². The Balaban J connectivity index is 2.16. The maximum Gasteiger partial charge on any atom is 0.316 e. The number of allylic oxidation sites excluding steroid dienone is 2. The Morgan fingerprint density at radius 3 is 2.42 bits per heavy atom. The average Bonchev–Trinajstić information content (AvgIpc) is 3.04. The van der Waals surface area contributed by atoms with Crippen LogP contribution in [0.1, 0.15) is 44.5 Å². The molecule has 0 fully saturated rings. The van der Waals surface area contributed by atoms with Crippen LogP contribution in [0, 0.1) is 5.41 Å². The SMILES string of the molecule is C=CC(C)(C)C1=Nc2ccc(CC(O)C(C)(C)O)cc2C1=Cc1[nH]c(=O)c(=O)[nH]c1O. The summed E-state index contributed by atoms with van der Waals surface area (Å²) in [6, 6.07) is 5.50. The fraction of sp³-hybridized carbons (Fsp3) is 0.348. The van der Waals surface area contributed by atoms with E-state index in [1.807, 2.05) is 32.0 Å². The summed E-state index contributed by atoms with van der Waals surface area (Å²) in [6.07, 6.45) is 2.56. The molecule has 164 valence electrons. The van der Waals surface area contributed by atoms with Gasteiger partial charge >= 0.3 is 11.1 Å². The van der Waals surface area contributed by atoms with Crippen molar-refractivity contribution >= 4 is 23.0 Å². The largest absolute Gasteiger partial charge is 0.493 e. The van der Waals surface area contributed by atoms with Gasteiger partial charge in [0, 0.05) is 23.0 Å². The molecule has 0 saturated heterocycles. The zero-order valence-electron chi connectivity index (χ0n) is 18.0. The summed E-state index contributed by atoms with van der Waals surface area (Å²) in [5, 5.41) is 30.5. The van der Waals surface area contributed by atoms with Gasteiger partial charge in [0.15, 0.2) is 0 Å². The number of aromatic nitrogens is 2. The van der Waals surface area contributed by atoms with Crippen LogP contribution in [0.4, 0.5) is 5.69 Å². The number of aromatic hydroxyl groups is 1. The molecular formula is C23H27N3O5. The standard InChI is InChI=1S/C23H27N3O5/c1-6-22(2,3)18-14(11-16-19(28)26-21(30)20(29)25-16)13-9-12(7-8-15(13)24-18)10-17(27)23(4,5)31/h6-9,11,17,27,31H,1,10H2,2-5H3,(H,25,29)(H2,26,28,30). The average molecular weight is 425 g/mol. The highest BCUT2D eigenvalue weighted by Gasteiger charge is 2.32. The number of nitrogens with zero attached hydrogens (tertiary/aromatic N) is 1. The molecule has 0 spiro atoms.